The molecule has 2 rings (SSSR count). The minimum atomic E-state index is -0.884. The fraction of sp³-hybridized carbons (Fsp3) is 0.692. The molecule has 0 radical (unpaired) electrons. The van der Waals surface area contributed by atoms with Gasteiger partial charge in [0.2, 0.25) is 5.91 Å². The summed E-state index contributed by atoms with van der Waals surface area (Å²) in [6, 6.07) is -0.657. The zero-order chi connectivity index (χ0) is 13.3. The number of carboxylic acid groups (broad SMARTS) is 1. The highest BCUT2D eigenvalue weighted by molar-refractivity contribution is 8.00. The first-order valence-electron chi connectivity index (χ1n) is 6.34. The van der Waals surface area contributed by atoms with Gasteiger partial charge in [-0.15, -0.1) is 11.8 Å². The molecule has 2 aliphatic rings. The molecule has 1 aliphatic heterocycles. The van der Waals surface area contributed by atoms with Gasteiger partial charge >= 0.3 is 5.97 Å². The molecule has 0 aromatic carbocycles. The van der Waals surface area contributed by atoms with Crippen LogP contribution < -0.4 is 0 Å². The Balaban J connectivity index is 2.17. The van der Waals surface area contributed by atoms with Gasteiger partial charge < -0.3 is 10.0 Å². The SMILES string of the molecule is CC(C)C1SCC(C(=O)O)N1C(=O)C1CC=CC1. The number of carbonyl (C=O) groups is 2. The van der Waals surface area contributed by atoms with Gasteiger partial charge in [-0.1, -0.05) is 26.0 Å². The van der Waals surface area contributed by atoms with Crippen LogP contribution in [0.4, 0.5) is 0 Å². The van der Waals surface area contributed by atoms with E-state index < -0.39 is 12.0 Å². The summed E-state index contributed by atoms with van der Waals surface area (Å²) in [5.74, 6) is -0.144. The highest BCUT2D eigenvalue weighted by Crippen LogP contribution is 2.36. The van der Waals surface area contributed by atoms with Gasteiger partial charge in [0.15, 0.2) is 0 Å². The Hall–Kier alpha value is -0.970. The van der Waals surface area contributed by atoms with E-state index in [0.717, 1.165) is 12.8 Å². The van der Waals surface area contributed by atoms with Crippen molar-refractivity contribution in [3.05, 3.63) is 12.2 Å². The van der Waals surface area contributed by atoms with Crippen LogP contribution >= 0.6 is 11.8 Å². The molecule has 2 unspecified atom stereocenters. The predicted molar refractivity (Wildman–Crippen MR) is 71.2 cm³/mol. The van der Waals surface area contributed by atoms with Gasteiger partial charge in [-0.3, -0.25) is 4.79 Å². The molecule has 1 fully saturated rings. The number of hydrogen-bond donors (Lipinski definition) is 1. The fourth-order valence-corrected chi connectivity index (χ4v) is 4.02. The Morgan fingerprint density at radius 1 is 1.33 bits per heavy atom. The molecule has 5 heteroatoms. The summed E-state index contributed by atoms with van der Waals surface area (Å²) in [6.45, 7) is 4.07. The van der Waals surface area contributed by atoms with Crippen molar-refractivity contribution in [3.63, 3.8) is 0 Å². The molecule has 0 spiro atoms. The summed E-state index contributed by atoms with van der Waals surface area (Å²) in [5.41, 5.74) is 0. The third-order valence-corrected chi connectivity index (χ3v) is 5.12. The second kappa shape index (κ2) is 5.34. The second-order valence-electron chi connectivity index (χ2n) is 5.21. The Labute approximate surface area is 111 Å². The number of hydrogen-bond acceptors (Lipinski definition) is 3. The summed E-state index contributed by atoms with van der Waals surface area (Å²) in [5, 5.41) is 9.25. The number of thioether (sulfide) groups is 1. The largest absolute Gasteiger partial charge is 0.480 e. The van der Waals surface area contributed by atoms with Gasteiger partial charge in [0.1, 0.15) is 6.04 Å². The maximum Gasteiger partial charge on any atom is 0.327 e. The lowest BCUT2D eigenvalue weighted by atomic mass is 10.0. The van der Waals surface area contributed by atoms with Crippen LogP contribution in [0.5, 0.6) is 0 Å². The third kappa shape index (κ3) is 2.41. The number of carbonyl (C=O) groups excluding carboxylic acids is 1. The summed E-state index contributed by atoms with van der Waals surface area (Å²) < 4.78 is 0. The fourth-order valence-electron chi connectivity index (χ4n) is 2.54. The highest BCUT2D eigenvalue weighted by Gasteiger charge is 2.44. The molecule has 18 heavy (non-hydrogen) atoms. The lowest BCUT2D eigenvalue weighted by molar-refractivity contribution is -0.151. The number of carboxylic acids is 1. The van der Waals surface area contributed by atoms with Crippen molar-refractivity contribution in [2.24, 2.45) is 11.8 Å². The first kappa shape index (κ1) is 13.5. The topological polar surface area (TPSA) is 57.6 Å². The number of allylic oxidation sites excluding steroid dienone is 2. The lowest BCUT2D eigenvalue weighted by Gasteiger charge is -2.31. The molecule has 0 saturated carbocycles. The smallest absolute Gasteiger partial charge is 0.327 e. The maximum atomic E-state index is 12.5. The van der Waals surface area contributed by atoms with E-state index in [0.29, 0.717) is 5.75 Å². The molecular weight excluding hydrogens is 250 g/mol. The Morgan fingerprint density at radius 3 is 2.44 bits per heavy atom. The molecule has 4 nitrogen and oxygen atoms in total. The van der Waals surface area contributed by atoms with E-state index in [9.17, 15) is 14.7 Å². The summed E-state index contributed by atoms with van der Waals surface area (Å²) in [7, 11) is 0. The van der Waals surface area contributed by atoms with E-state index in [1.165, 1.54) is 0 Å². The Bertz CT molecular complexity index is 372. The summed E-state index contributed by atoms with van der Waals surface area (Å²) in [4.78, 5) is 25.4. The first-order chi connectivity index (χ1) is 8.52. The van der Waals surface area contributed by atoms with Crippen LogP contribution in [0.25, 0.3) is 0 Å². The molecule has 2 atom stereocenters. The number of rotatable bonds is 3. The zero-order valence-corrected chi connectivity index (χ0v) is 11.5. The van der Waals surface area contributed by atoms with E-state index >= 15 is 0 Å². The van der Waals surface area contributed by atoms with Crippen molar-refractivity contribution in [3.8, 4) is 0 Å². The third-order valence-electron chi connectivity index (χ3n) is 3.50. The quantitative estimate of drug-likeness (QED) is 0.796. The van der Waals surface area contributed by atoms with Crippen LogP contribution in [0.2, 0.25) is 0 Å². The van der Waals surface area contributed by atoms with Crippen molar-refractivity contribution in [1.29, 1.82) is 0 Å². The molecule has 1 saturated heterocycles. The molecule has 100 valence electrons. The average Bonchev–Trinajstić information content (AvgIpc) is 2.97. The lowest BCUT2D eigenvalue weighted by Crippen LogP contribution is -2.49. The summed E-state index contributed by atoms with van der Waals surface area (Å²) >= 11 is 1.59. The standard InChI is InChI=1S/C13H19NO3S/c1-8(2)12-14(10(7-18-12)13(16)17)11(15)9-5-3-4-6-9/h3-4,8-10,12H,5-7H2,1-2H3,(H,16,17). The molecule has 1 N–H and O–H groups in total. The van der Waals surface area contributed by atoms with Gasteiger partial charge in [0.05, 0.1) is 5.37 Å². The molecular formula is C13H19NO3S. The van der Waals surface area contributed by atoms with Crippen molar-refractivity contribution < 1.29 is 14.7 Å². The molecule has 1 heterocycles. The molecule has 0 aromatic rings. The Kier molecular flexibility index (Phi) is 4.00. The van der Waals surface area contributed by atoms with E-state index in [1.807, 2.05) is 26.0 Å². The predicted octanol–water partition coefficient (Wildman–Crippen LogP) is 1.96. The van der Waals surface area contributed by atoms with Crippen LogP contribution in [0, 0.1) is 11.8 Å². The van der Waals surface area contributed by atoms with Gasteiger partial charge in [-0.25, -0.2) is 4.79 Å². The van der Waals surface area contributed by atoms with Crippen molar-refractivity contribution in [1.82, 2.24) is 4.90 Å². The first-order valence-corrected chi connectivity index (χ1v) is 7.38. The van der Waals surface area contributed by atoms with Crippen molar-refractivity contribution >= 4 is 23.6 Å². The molecule has 0 bridgehead atoms. The van der Waals surface area contributed by atoms with Crippen LogP contribution in [0.3, 0.4) is 0 Å². The van der Waals surface area contributed by atoms with Crippen LogP contribution in [0.1, 0.15) is 26.7 Å². The van der Waals surface area contributed by atoms with Crippen molar-refractivity contribution in [2.45, 2.75) is 38.1 Å². The van der Waals surface area contributed by atoms with E-state index in [1.54, 1.807) is 16.7 Å². The number of aliphatic carboxylic acids is 1. The van der Waals surface area contributed by atoms with Crippen LogP contribution in [-0.4, -0.2) is 39.1 Å². The average molecular weight is 269 g/mol. The van der Waals surface area contributed by atoms with E-state index in [2.05, 4.69) is 0 Å². The normalized spacial score (nSPS) is 28.3. The number of amides is 1. The molecule has 1 amide bonds. The monoisotopic (exact) mass is 269 g/mol. The van der Waals surface area contributed by atoms with E-state index in [4.69, 9.17) is 0 Å². The zero-order valence-electron chi connectivity index (χ0n) is 10.7. The van der Waals surface area contributed by atoms with Gasteiger partial charge in [0, 0.05) is 11.7 Å². The molecule has 1 aliphatic carbocycles. The second-order valence-corrected chi connectivity index (χ2v) is 6.36. The minimum absolute atomic E-state index is 0.000741. The number of nitrogens with zero attached hydrogens (tertiary/aromatic N) is 1. The van der Waals surface area contributed by atoms with Gasteiger partial charge in [-0.2, -0.15) is 0 Å². The minimum Gasteiger partial charge on any atom is -0.480 e. The highest BCUT2D eigenvalue weighted by atomic mass is 32.2. The van der Waals surface area contributed by atoms with Crippen LogP contribution in [-0.2, 0) is 9.59 Å². The van der Waals surface area contributed by atoms with Crippen molar-refractivity contribution in [2.75, 3.05) is 5.75 Å². The van der Waals surface area contributed by atoms with Gasteiger partial charge in [0.25, 0.3) is 0 Å². The molecule has 0 aromatic heterocycles. The Morgan fingerprint density at radius 2 is 1.94 bits per heavy atom. The van der Waals surface area contributed by atoms with Crippen LogP contribution in [0.15, 0.2) is 12.2 Å². The van der Waals surface area contributed by atoms with Gasteiger partial charge in [-0.05, 0) is 18.8 Å². The van der Waals surface area contributed by atoms with E-state index in [-0.39, 0.29) is 23.1 Å². The maximum absolute atomic E-state index is 12.5. The summed E-state index contributed by atoms with van der Waals surface area (Å²) in [6.07, 6.45) is 5.51.